The fraction of sp³-hybridized carbons (Fsp3) is 0. The average molecular weight is 366 g/mol. The van der Waals surface area contributed by atoms with E-state index in [0.29, 0.717) is 11.4 Å². The van der Waals surface area contributed by atoms with Gasteiger partial charge in [0.1, 0.15) is 5.82 Å². The van der Waals surface area contributed by atoms with Crippen molar-refractivity contribution in [3.05, 3.63) is 75.6 Å². The number of para-hydroxylation sites is 1. The Morgan fingerprint density at radius 2 is 1.74 bits per heavy atom. The van der Waals surface area contributed by atoms with Crippen LogP contribution in [0.5, 0.6) is 0 Å². The van der Waals surface area contributed by atoms with Crippen LogP contribution in [-0.4, -0.2) is 15.0 Å². The van der Waals surface area contributed by atoms with E-state index in [2.05, 4.69) is 30.9 Å². The summed E-state index contributed by atoms with van der Waals surface area (Å²) in [7, 11) is 0. The van der Waals surface area contributed by atoms with Gasteiger partial charge in [-0.3, -0.25) is 4.79 Å². The molecule has 4 nitrogen and oxygen atoms in total. The van der Waals surface area contributed by atoms with Crippen molar-refractivity contribution in [3.63, 3.8) is 0 Å². The first kappa shape index (κ1) is 14.0. The summed E-state index contributed by atoms with van der Waals surface area (Å²) in [6.07, 6.45) is 1.74. The molecule has 0 fully saturated rings. The SMILES string of the molecule is O=c1[nH]c2ccccc2cc1-c1ncc(-c2ccc(Br)cc2)[nH]1. The molecule has 0 radical (unpaired) electrons. The molecule has 2 N–H and O–H groups in total. The Bertz CT molecular complexity index is 1050. The Labute approximate surface area is 140 Å². The fourth-order valence-electron chi connectivity index (χ4n) is 2.56. The van der Waals surface area contributed by atoms with Crippen LogP contribution in [0.15, 0.2) is 70.1 Å². The minimum Gasteiger partial charge on any atom is -0.338 e. The number of aromatic nitrogens is 3. The van der Waals surface area contributed by atoms with Gasteiger partial charge in [-0.25, -0.2) is 4.98 Å². The molecule has 23 heavy (non-hydrogen) atoms. The lowest BCUT2D eigenvalue weighted by Gasteiger charge is -2.01. The van der Waals surface area contributed by atoms with Gasteiger partial charge in [0.25, 0.3) is 5.56 Å². The molecule has 5 heteroatoms. The summed E-state index contributed by atoms with van der Waals surface area (Å²) in [5.74, 6) is 0.565. The van der Waals surface area contributed by atoms with Crippen molar-refractivity contribution >= 4 is 26.8 Å². The van der Waals surface area contributed by atoms with E-state index in [1.54, 1.807) is 6.20 Å². The number of pyridine rings is 1. The highest BCUT2D eigenvalue weighted by Gasteiger charge is 2.10. The molecule has 4 rings (SSSR count). The van der Waals surface area contributed by atoms with Gasteiger partial charge in [0, 0.05) is 9.99 Å². The van der Waals surface area contributed by atoms with Crippen molar-refractivity contribution in [2.45, 2.75) is 0 Å². The molecule has 0 saturated heterocycles. The molecule has 0 aliphatic rings. The highest BCUT2D eigenvalue weighted by Crippen LogP contribution is 2.23. The van der Waals surface area contributed by atoms with Crippen LogP contribution in [0.1, 0.15) is 0 Å². The number of aromatic amines is 2. The maximum Gasteiger partial charge on any atom is 0.259 e. The minimum absolute atomic E-state index is 0.152. The van der Waals surface area contributed by atoms with E-state index in [1.165, 1.54) is 0 Å². The van der Waals surface area contributed by atoms with Crippen LogP contribution in [-0.2, 0) is 0 Å². The number of imidazole rings is 1. The number of nitrogens with one attached hydrogen (secondary N) is 2. The van der Waals surface area contributed by atoms with Gasteiger partial charge in [-0.05, 0) is 35.2 Å². The Kier molecular flexibility index (Phi) is 3.35. The average Bonchev–Trinajstić information content (AvgIpc) is 3.04. The van der Waals surface area contributed by atoms with Gasteiger partial charge in [0.05, 0.1) is 17.5 Å². The molecule has 0 bridgehead atoms. The van der Waals surface area contributed by atoms with Gasteiger partial charge in [-0.2, -0.15) is 0 Å². The summed E-state index contributed by atoms with van der Waals surface area (Å²) in [6, 6.07) is 17.5. The summed E-state index contributed by atoms with van der Waals surface area (Å²) in [4.78, 5) is 22.8. The summed E-state index contributed by atoms with van der Waals surface area (Å²) < 4.78 is 1.02. The number of hydrogen-bond donors (Lipinski definition) is 2. The first-order valence-corrected chi connectivity index (χ1v) is 7.93. The van der Waals surface area contributed by atoms with Crippen molar-refractivity contribution in [1.82, 2.24) is 15.0 Å². The monoisotopic (exact) mass is 365 g/mol. The van der Waals surface area contributed by atoms with E-state index in [0.717, 1.165) is 26.6 Å². The first-order valence-electron chi connectivity index (χ1n) is 7.14. The fourth-order valence-corrected chi connectivity index (χ4v) is 2.82. The maximum absolute atomic E-state index is 12.3. The molecular formula is C18H12BrN3O. The van der Waals surface area contributed by atoms with Crippen LogP contribution in [0, 0.1) is 0 Å². The second-order valence-electron chi connectivity index (χ2n) is 5.25. The Hall–Kier alpha value is -2.66. The number of fused-ring (bicyclic) bond motifs is 1. The largest absolute Gasteiger partial charge is 0.338 e. The third-order valence-electron chi connectivity index (χ3n) is 3.74. The summed E-state index contributed by atoms with van der Waals surface area (Å²) >= 11 is 3.42. The zero-order chi connectivity index (χ0) is 15.8. The van der Waals surface area contributed by atoms with Crippen molar-refractivity contribution < 1.29 is 0 Å². The molecule has 0 spiro atoms. The molecular weight excluding hydrogens is 354 g/mol. The quantitative estimate of drug-likeness (QED) is 0.554. The third-order valence-corrected chi connectivity index (χ3v) is 4.27. The number of benzene rings is 2. The number of hydrogen-bond acceptors (Lipinski definition) is 2. The maximum atomic E-state index is 12.3. The van der Waals surface area contributed by atoms with Crippen molar-refractivity contribution in [2.75, 3.05) is 0 Å². The summed E-state index contributed by atoms with van der Waals surface area (Å²) in [6.45, 7) is 0. The second kappa shape index (κ2) is 5.52. The van der Waals surface area contributed by atoms with Gasteiger partial charge < -0.3 is 9.97 Å². The Morgan fingerprint density at radius 3 is 2.57 bits per heavy atom. The van der Waals surface area contributed by atoms with Crippen LogP contribution in [0.4, 0.5) is 0 Å². The predicted octanol–water partition coefficient (Wildman–Crippen LogP) is 4.35. The topological polar surface area (TPSA) is 61.5 Å². The number of nitrogens with zero attached hydrogens (tertiary/aromatic N) is 1. The molecule has 0 saturated carbocycles. The van der Waals surface area contributed by atoms with E-state index in [-0.39, 0.29) is 5.56 Å². The van der Waals surface area contributed by atoms with E-state index < -0.39 is 0 Å². The van der Waals surface area contributed by atoms with E-state index in [4.69, 9.17) is 0 Å². The number of halogens is 1. The van der Waals surface area contributed by atoms with Gasteiger partial charge in [-0.15, -0.1) is 0 Å². The highest BCUT2D eigenvalue weighted by molar-refractivity contribution is 9.10. The van der Waals surface area contributed by atoms with E-state index in [1.807, 2.05) is 54.6 Å². The molecule has 0 aliphatic carbocycles. The van der Waals surface area contributed by atoms with Crippen molar-refractivity contribution in [1.29, 1.82) is 0 Å². The van der Waals surface area contributed by atoms with Crippen LogP contribution in [0.2, 0.25) is 0 Å². The van der Waals surface area contributed by atoms with Crippen molar-refractivity contribution in [2.24, 2.45) is 0 Å². The summed E-state index contributed by atoms with van der Waals surface area (Å²) in [5.41, 5.74) is 3.10. The number of rotatable bonds is 2. The molecule has 2 aromatic heterocycles. The highest BCUT2D eigenvalue weighted by atomic mass is 79.9. The van der Waals surface area contributed by atoms with Crippen LogP contribution in [0.3, 0.4) is 0 Å². The summed E-state index contributed by atoms with van der Waals surface area (Å²) in [5, 5.41) is 0.976. The minimum atomic E-state index is -0.152. The lowest BCUT2D eigenvalue weighted by molar-refractivity contribution is 1.24. The van der Waals surface area contributed by atoms with Gasteiger partial charge in [0.15, 0.2) is 0 Å². The molecule has 0 unspecified atom stereocenters. The second-order valence-corrected chi connectivity index (χ2v) is 6.17. The molecule has 112 valence electrons. The Balaban J connectivity index is 1.81. The molecule has 2 heterocycles. The van der Waals surface area contributed by atoms with Crippen LogP contribution < -0.4 is 5.56 Å². The molecule has 0 amide bonds. The lowest BCUT2D eigenvalue weighted by atomic mass is 10.1. The lowest BCUT2D eigenvalue weighted by Crippen LogP contribution is -2.09. The number of H-pyrrole nitrogens is 2. The van der Waals surface area contributed by atoms with Crippen molar-refractivity contribution in [3.8, 4) is 22.6 Å². The smallest absolute Gasteiger partial charge is 0.259 e. The van der Waals surface area contributed by atoms with Gasteiger partial charge >= 0.3 is 0 Å². The zero-order valence-electron chi connectivity index (χ0n) is 12.0. The van der Waals surface area contributed by atoms with E-state index >= 15 is 0 Å². The molecule has 0 aliphatic heterocycles. The van der Waals surface area contributed by atoms with E-state index in [9.17, 15) is 4.79 Å². The molecule has 2 aromatic carbocycles. The molecule has 4 aromatic rings. The van der Waals surface area contributed by atoms with Gasteiger partial charge in [-0.1, -0.05) is 46.3 Å². The third kappa shape index (κ3) is 2.59. The molecule has 0 atom stereocenters. The zero-order valence-corrected chi connectivity index (χ0v) is 13.6. The Morgan fingerprint density at radius 1 is 0.957 bits per heavy atom. The normalized spacial score (nSPS) is 11.0. The van der Waals surface area contributed by atoms with Gasteiger partial charge in [0.2, 0.25) is 0 Å². The first-order chi connectivity index (χ1) is 11.2. The predicted molar refractivity (Wildman–Crippen MR) is 95.3 cm³/mol. The van der Waals surface area contributed by atoms with Crippen LogP contribution in [0.25, 0.3) is 33.5 Å². The standard InChI is InChI=1S/C18H12BrN3O/c19-13-7-5-11(6-8-13)16-10-20-17(21-16)14-9-12-3-1-2-4-15(12)22-18(14)23/h1-10H,(H,20,21)(H,22,23). The van der Waals surface area contributed by atoms with Crippen LogP contribution >= 0.6 is 15.9 Å².